The van der Waals surface area contributed by atoms with Crippen LogP contribution in [0.4, 0.5) is 0 Å². The minimum atomic E-state index is -0.792. The van der Waals surface area contributed by atoms with Gasteiger partial charge in [0, 0.05) is 18.0 Å². The fourth-order valence-corrected chi connectivity index (χ4v) is 3.90. The number of amides is 1. The number of β-amino-alcohol motifs (C(OH)–C–C–N with tert-alkyl or cyclic N) is 2. The van der Waals surface area contributed by atoms with Crippen LogP contribution >= 0.6 is 11.3 Å². The number of aliphatic hydroxyl groups is 2. The molecule has 0 radical (unpaired) electrons. The molecule has 1 fully saturated rings. The fourth-order valence-electron chi connectivity index (χ4n) is 2.91. The lowest BCUT2D eigenvalue weighted by atomic mass is 9.87. The summed E-state index contributed by atoms with van der Waals surface area (Å²) < 4.78 is 0. The van der Waals surface area contributed by atoms with Crippen molar-refractivity contribution in [1.29, 1.82) is 0 Å². The number of hydrogen-bond acceptors (Lipinski definition) is 4. The molecule has 0 aromatic carbocycles. The van der Waals surface area contributed by atoms with E-state index in [9.17, 15) is 15.0 Å². The van der Waals surface area contributed by atoms with Gasteiger partial charge in [0.1, 0.15) is 0 Å². The van der Waals surface area contributed by atoms with E-state index >= 15 is 0 Å². The van der Waals surface area contributed by atoms with Gasteiger partial charge >= 0.3 is 0 Å². The fraction of sp³-hybridized carbons (Fsp3) is 0.615. The molecule has 4 nitrogen and oxygen atoms in total. The summed E-state index contributed by atoms with van der Waals surface area (Å²) in [6.45, 7) is 0.520. The summed E-state index contributed by atoms with van der Waals surface area (Å²) in [6.07, 6.45) is 1.41. The van der Waals surface area contributed by atoms with Crippen molar-refractivity contribution in [3.63, 3.8) is 0 Å². The Kier molecular flexibility index (Phi) is 3.13. The zero-order valence-corrected chi connectivity index (χ0v) is 10.9. The summed E-state index contributed by atoms with van der Waals surface area (Å²) in [6, 6.07) is 2.05. The zero-order chi connectivity index (χ0) is 12.7. The molecule has 0 spiro atoms. The van der Waals surface area contributed by atoms with Crippen molar-refractivity contribution in [2.45, 2.75) is 37.4 Å². The Labute approximate surface area is 110 Å². The Morgan fingerprint density at radius 1 is 1.33 bits per heavy atom. The Bertz CT molecular complexity index is 449. The van der Waals surface area contributed by atoms with Crippen LogP contribution in [0.3, 0.4) is 0 Å². The molecule has 18 heavy (non-hydrogen) atoms. The molecule has 1 aromatic rings. The van der Waals surface area contributed by atoms with Crippen LogP contribution in [-0.2, 0) is 11.2 Å². The summed E-state index contributed by atoms with van der Waals surface area (Å²) >= 11 is 1.72. The van der Waals surface area contributed by atoms with Gasteiger partial charge in [-0.25, -0.2) is 0 Å². The van der Waals surface area contributed by atoms with Gasteiger partial charge in [-0.1, -0.05) is 0 Å². The van der Waals surface area contributed by atoms with Gasteiger partial charge in [-0.3, -0.25) is 4.79 Å². The van der Waals surface area contributed by atoms with Gasteiger partial charge in [0.15, 0.2) is 0 Å². The molecule has 3 unspecified atom stereocenters. The lowest BCUT2D eigenvalue weighted by Crippen LogP contribution is -2.35. The Morgan fingerprint density at radius 3 is 2.78 bits per heavy atom. The van der Waals surface area contributed by atoms with Crippen molar-refractivity contribution in [2.75, 3.05) is 13.1 Å². The number of carbonyl (C=O) groups excluding carboxylic acids is 1. The molecule has 2 heterocycles. The van der Waals surface area contributed by atoms with Crippen LogP contribution < -0.4 is 0 Å². The highest BCUT2D eigenvalue weighted by Crippen LogP contribution is 2.36. The second-order valence-corrected chi connectivity index (χ2v) is 6.12. The lowest BCUT2D eigenvalue weighted by molar-refractivity contribution is -0.132. The van der Waals surface area contributed by atoms with Gasteiger partial charge < -0.3 is 15.1 Å². The standard InChI is InChI=1S/C13H17NO3S/c15-10-6-14(7-11(10)16)13(17)9-2-1-3-12-8(9)4-5-18-12/h4-5,9-11,15-16H,1-3,6-7H2. The molecule has 3 rings (SSSR count). The monoisotopic (exact) mass is 267 g/mol. The van der Waals surface area contributed by atoms with Crippen LogP contribution in [0.15, 0.2) is 11.4 Å². The Balaban J connectivity index is 1.79. The molecular formula is C13H17NO3S. The topological polar surface area (TPSA) is 60.8 Å². The second kappa shape index (κ2) is 4.64. The van der Waals surface area contributed by atoms with E-state index in [-0.39, 0.29) is 24.9 Å². The van der Waals surface area contributed by atoms with Gasteiger partial charge in [-0.15, -0.1) is 11.3 Å². The first-order valence-corrected chi connectivity index (χ1v) is 7.26. The normalized spacial score (nSPS) is 31.4. The number of aliphatic hydroxyl groups excluding tert-OH is 2. The smallest absolute Gasteiger partial charge is 0.230 e. The van der Waals surface area contributed by atoms with E-state index in [0.717, 1.165) is 24.8 Å². The molecule has 0 bridgehead atoms. The average Bonchev–Trinajstić information content (AvgIpc) is 2.95. The number of aryl methyl sites for hydroxylation is 1. The van der Waals surface area contributed by atoms with Crippen LogP contribution in [0.2, 0.25) is 0 Å². The van der Waals surface area contributed by atoms with E-state index in [4.69, 9.17) is 0 Å². The van der Waals surface area contributed by atoms with E-state index in [1.807, 2.05) is 11.4 Å². The molecule has 1 amide bonds. The zero-order valence-electron chi connectivity index (χ0n) is 10.1. The van der Waals surface area contributed by atoms with Crippen LogP contribution in [-0.4, -0.2) is 46.3 Å². The highest BCUT2D eigenvalue weighted by Gasteiger charge is 2.37. The number of rotatable bonds is 1. The molecule has 98 valence electrons. The van der Waals surface area contributed by atoms with Crippen molar-refractivity contribution in [1.82, 2.24) is 4.90 Å². The van der Waals surface area contributed by atoms with Crippen LogP contribution in [0.25, 0.3) is 0 Å². The summed E-state index contributed by atoms with van der Waals surface area (Å²) in [5, 5.41) is 21.1. The molecule has 0 saturated carbocycles. The number of nitrogens with zero attached hydrogens (tertiary/aromatic N) is 1. The third-order valence-electron chi connectivity index (χ3n) is 3.92. The minimum Gasteiger partial charge on any atom is -0.388 e. The third-order valence-corrected chi connectivity index (χ3v) is 4.92. The Hall–Kier alpha value is -0.910. The number of fused-ring (bicyclic) bond motifs is 1. The van der Waals surface area contributed by atoms with Crippen LogP contribution in [0, 0.1) is 0 Å². The maximum Gasteiger partial charge on any atom is 0.230 e. The molecule has 5 heteroatoms. The summed E-state index contributed by atoms with van der Waals surface area (Å²) in [7, 11) is 0. The molecule has 1 aromatic heterocycles. The molecule has 3 atom stereocenters. The number of likely N-dealkylation sites (tertiary alicyclic amines) is 1. The van der Waals surface area contributed by atoms with Gasteiger partial charge in [-0.2, -0.15) is 0 Å². The third kappa shape index (κ3) is 1.96. The van der Waals surface area contributed by atoms with Crippen molar-refractivity contribution in [3.8, 4) is 0 Å². The van der Waals surface area contributed by atoms with E-state index < -0.39 is 12.2 Å². The predicted molar refractivity (Wildman–Crippen MR) is 68.6 cm³/mol. The first-order chi connectivity index (χ1) is 8.66. The summed E-state index contributed by atoms with van der Waals surface area (Å²) in [4.78, 5) is 15.4. The van der Waals surface area contributed by atoms with Gasteiger partial charge in [0.25, 0.3) is 0 Å². The predicted octanol–water partition coefficient (Wildman–Crippen LogP) is 0.732. The van der Waals surface area contributed by atoms with E-state index in [1.165, 1.54) is 4.88 Å². The van der Waals surface area contributed by atoms with Crippen molar-refractivity contribution >= 4 is 17.2 Å². The summed E-state index contributed by atoms with van der Waals surface area (Å²) in [5.74, 6) is -0.0116. The van der Waals surface area contributed by atoms with E-state index in [1.54, 1.807) is 16.2 Å². The quantitative estimate of drug-likeness (QED) is 0.788. The number of thiophene rings is 1. The average molecular weight is 267 g/mol. The molecular weight excluding hydrogens is 250 g/mol. The Morgan fingerprint density at radius 2 is 2.06 bits per heavy atom. The highest BCUT2D eigenvalue weighted by atomic mass is 32.1. The van der Waals surface area contributed by atoms with Gasteiger partial charge in [-0.05, 0) is 36.3 Å². The molecule has 1 saturated heterocycles. The largest absolute Gasteiger partial charge is 0.388 e. The van der Waals surface area contributed by atoms with Crippen molar-refractivity contribution in [2.24, 2.45) is 0 Å². The molecule has 2 aliphatic rings. The maximum absolute atomic E-state index is 12.5. The lowest BCUT2D eigenvalue weighted by Gasteiger charge is -2.26. The maximum atomic E-state index is 12.5. The van der Waals surface area contributed by atoms with E-state index in [2.05, 4.69) is 0 Å². The molecule has 1 aliphatic heterocycles. The van der Waals surface area contributed by atoms with Gasteiger partial charge in [0.05, 0.1) is 18.1 Å². The number of hydrogen-bond donors (Lipinski definition) is 2. The molecule has 2 N–H and O–H groups in total. The van der Waals surface area contributed by atoms with Crippen LogP contribution in [0.5, 0.6) is 0 Å². The summed E-state index contributed by atoms with van der Waals surface area (Å²) in [5.41, 5.74) is 1.16. The van der Waals surface area contributed by atoms with Gasteiger partial charge in [0.2, 0.25) is 5.91 Å². The minimum absolute atomic E-state index is 0.0601. The SMILES string of the molecule is O=C(C1CCCc2sccc21)N1CC(O)C(O)C1. The highest BCUT2D eigenvalue weighted by molar-refractivity contribution is 7.10. The first kappa shape index (κ1) is 12.1. The first-order valence-electron chi connectivity index (χ1n) is 6.38. The number of carbonyl (C=O) groups is 1. The second-order valence-electron chi connectivity index (χ2n) is 5.12. The van der Waals surface area contributed by atoms with E-state index in [0.29, 0.717) is 0 Å². The van der Waals surface area contributed by atoms with Crippen molar-refractivity contribution < 1.29 is 15.0 Å². The van der Waals surface area contributed by atoms with Crippen LogP contribution in [0.1, 0.15) is 29.2 Å². The van der Waals surface area contributed by atoms with Crippen molar-refractivity contribution in [3.05, 3.63) is 21.9 Å². The molecule has 1 aliphatic carbocycles.